The second-order valence-corrected chi connectivity index (χ2v) is 6.79. The molecule has 2 unspecified atom stereocenters. The van der Waals surface area contributed by atoms with Crippen molar-refractivity contribution in [1.29, 1.82) is 0 Å². The van der Waals surface area contributed by atoms with Crippen LogP contribution in [0.4, 0.5) is 0 Å². The number of benzene rings is 3. The van der Waals surface area contributed by atoms with Crippen molar-refractivity contribution in [3.05, 3.63) is 107 Å². The molecular weight excluding hydrogens is 288 g/mol. The molecule has 0 N–H and O–H groups in total. The van der Waals surface area contributed by atoms with Gasteiger partial charge in [-0.15, -0.1) is 0 Å². The highest BCUT2D eigenvalue weighted by atomic mass is 14.2. The Bertz CT molecular complexity index is 743. The quantitative estimate of drug-likeness (QED) is 0.486. The molecule has 3 rings (SSSR count). The van der Waals surface area contributed by atoms with Gasteiger partial charge in [0.15, 0.2) is 0 Å². The number of rotatable bonds is 6. The first-order valence-electron chi connectivity index (χ1n) is 8.88. The molecule has 3 aromatic rings. The summed E-state index contributed by atoms with van der Waals surface area (Å²) in [6.07, 6.45) is 2.27. The predicted octanol–water partition coefficient (Wildman–Crippen LogP) is 6.52. The van der Waals surface area contributed by atoms with Gasteiger partial charge in [-0.3, -0.25) is 0 Å². The minimum absolute atomic E-state index is 0.544. The van der Waals surface area contributed by atoms with Crippen molar-refractivity contribution < 1.29 is 0 Å². The lowest BCUT2D eigenvalue weighted by atomic mass is 9.82. The summed E-state index contributed by atoms with van der Waals surface area (Å²) in [5.41, 5.74) is 5.74. The zero-order valence-electron chi connectivity index (χ0n) is 14.7. The molecule has 0 spiro atoms. The van der Waals surface area contributed by atoms with Gasteiger partial charge in [0, 0.05) is 0 Å². The molecule has 3 aromatic carbocycles. The van der Waals surface area contributed by atoms with Crippen LogP contribution in [0, 0.1) is 6.92 Å². The molecule has 0 heteroatoms. The average Bonchev–Trinajstić information content (AvgIpc) is 2.64. The van der Waals surface area contributed by atoms with Crippen LogP contribution < -0.4 is 0 Å². The first-order chi connectivity index (χ1) is 11.7. The molecule has 0 radical (unpaired) electrons. The molecule has 0 nitrogen and oxygen atoms in total. The Kier molecular flexibility index (Phi) is 5.48. The summed E-state index contributed by atoms with van der Waals surface area (Å²) in [7, 11) is 0. The van der Waals surface area contributed by atoms with Crippen LogP contribution >= 0.6 is 0 Å². The molecule has 0 saturated carbocycles. The van der Waals surface area contributed by atoms with Gasteiger partial charge in [-0.1, -0.05) is 91.9 Å². The molecule has 0 aromatic heterocycles. The Morgan fingerprint density at radius 2 is 1.21 bits per heavy atom. The van der Waals surface area contributed by atoms with E-state index in [9.17, 15) is 0 Å². The fraction of sp³-hybridized carbons (Fsp3) is 0.250. The maximum absolute atomic E-state index is 2.35. The van der Waals surface area contributed by atoms with E-state index in [0.29, 0.717) is 11.8 Å². The molecule has 0 heterocycles. The van der Waals surface area contributed by atoms with E-state index in [0.717, 1.165) is 6.42 Å². The number of aryl methyl sites for hydroxylation is 1. The molecule has 0 aliphatic heterocycles. The summed E-state index contributed by atoms with van der Waals surface area (Å²) in [5.74, 6) is 1.10. The third-order valence-electron chi connectivity index (χ3n) is 5.01. The van der Waals surface area contributed by atoms with Crippen molar-refractivity contribution in [1.82, 2.24) is 0 Å². The topological polar surface area (TPSA) is 0 Å². The molecule has 0 saturated heterocycles. The number of hydrogen-bond donors (Lipinski definition) is 0. The van der Waals surface area contributed by atoms with Gasteiger partial charge in [-0.05, 0) is 53.9 Å². The van der Waals surface area contributed by atoms with Gasteiger partial charge in [0.2, 0.25) is 0 Å². The van der Waals surface area contributed by atoms with E-state index < -0.39 is 0 Å². The monoisotopic (exact) mass is 314 g/mol. The first kappa shape index (κ1) is 16.5. The standard InChI is InChI=1S/C24H26/c1-19-11-9-10-16-23(19)18-24(22-14-7-4-8-15-22)17-20(2)21-12-5-3-6-13-21/h3-16,20,24H,17-18H2,1-2H3. The van der Waals surface area contributed by atoms with E-state index in [2.05, 4.69) is 98.8 Å². The van der Waals surface area contributed by atoms with Gasteiger partial charge in [0.05, 0.1) is 0 Å². The maximum Gasteiger partial charge on any atom is -0.0116 e. The first-order valence-corrected chi connectivity index (χ1v) is 8.88. The van der Waals surface area contributed by atoms with Crippen LogP contribution in [0.2, 0.25) is 0 Å². The zero-order valence-corrected chi connectivity index (χ0v) is 14.7. The maximum atomic E-state index is 2.35. The van der Waals surface area contributed by atoms with Crippen molar-refractivity contribution in [3.8, 4) is 0 Å². The third kappa shape index (κ3) is 4.14. The van der Waals surface area contributed by atoms with Crippen LogP contribution in [0.3, 0.4) is 0 Å². The Morgan fingerprint density at radius 1 is 0.667 bits per heavy atom. The van der Waals surface area contributed by atoms with Crippen molar-refractivity contribution in [2.75, 3.05) is 0 Å². The van der Waals surface area contributed by atoms with E-state index in [1.807, 2.05) is 0 Å². The molecule has 122 valence electrons. The summed E-state index contributed by atoms with van der Waals surface area (Å²) in [5, 5.41) is 0. The van der Waals surface area contributed by atoms with Crippen LogP contribution in [-0.4, -0.2) is 0 Å². The van der Waals surface area contributed by atoms with Crippen LogP contribution in [-0.2, 0) is 6.42 Å². The van der Waals surface area contributed by atoms with Crippen LogP contribution in [0.5, 0.6) is 0 Å². The highest BCUT2D eigenvalue weighted by Crippen LogP contribution is 2.32. The highest BCUT2D eigenvalue weighted by molar-refractivity contribution is 5.30. The van der Waals surface area contributed by atoms with Crippen molar-refractivity contribution in [2.45, 2.75) is 38.5 Å². The van der Waals surface area contributed by atoms with Crippen LogP contribution in [0.25, 0.3) is 0 Å². The van der Waals surface area contributed by atoms with Gasteiger partial charge in [-0.2, -0.15) is 0 Å². The van der Waals surface area contributed by atoms with Gasteiger partial charge < -0.3 is 0 Å². The predicted molar refractivity (Wildman–Crippen MR) is 104 cm³/mol. The third-order valence-corrected chi connectivity index (χ3v) is 5.01. The van der Waals surface area contributed by atoms with E-state index in [1.165, 1.54) is 28.7 Å². The lowest BCUT2D eigenvalue weighted by molar-refractivity contribution is 0.554. The van der Waals surface area contributed by atoms with E-state index in [1.54, 1.807) is 0 Å². The molecule has 2 atom stereocenters. The Hall–Kier alpha value is -2.34. The minimum atomic E-state index is 0.544. The van der Waals surface area contributed by atoms with Gasteiger partial charge in [0.25, 0.3) is 0 Å². The van der Waals surface area contributed by atoms with Crippen molar-refractivity contribution >= 4 is 0 Å². The van der Waals surface area contributed by atoms with Crippen molar-refractivity contribution in [2.24, 2.45) is 0 Å². The molecule has 0 aliphatic rings. The lowest BCUT2D eigenvalue weighted by Crippen LogP contribution is -2.08. The summed E-state index contributed by atoms with van der Waals surface area (Å²) in [6, 6.07) is 30.6. The summed E-state index contributed by atoms with van der Waals surface area (Å²) >= 11 is 0. The second kappa shape index (κ2) is 7.97. The largest absolute Gasteiger partial charge is 0.0622 e. The van der Waals surface area contributed by atoms with E-state index in [-0.39, 0.29) is 0 Å². The highest BCUT2D eigenvalue weighted by Gasteiger charge is 2.17. The van der Waals surface area contributed by atoms with Crippen molar-refractivity contribution in [3.63, 3.8) is 0 Å². The lowest BCUT2D eigenvalue weighted by Gasteiger charge is -2.23. The molecule has 0 amide bonds. The summed E-state index contributed by atoms with van der Waals surface area (Å²) in [6.45, 7) is 4.57. The zero-order chi connectivity index (χ0) is 16.8. The Balaban J connectivity index is 1.84. The van der Waals surface area contributed by atoms with E-state index >= 15 is 0 Å². The normalized spacial score (nSPS) is 13.4. The molecule has 0 fully saturated rings. The number of hydrogen-bond acceptors (Lipinski definition) is 0. The van der Waals surface area contributed by atoms with E-state index in [4.69, 9.17) is 0 Å². The fourth-order valence-corrected chi connectivity index (χ4v) is 3.51. The van der Waals surface area contributed by atoms with Gasteiger partial charge >= 0.3 is 0 Å². The SMILES string of the molecule is Cc1ccccc1CC(CC(C)c1ccccc1)c1ccccc1. The molecule has 24 heavy (non-hydrogen) atoms. The summed E-state index contributed by atoms with van der Waals surface area (Å²) < 4.78 is 0. The van der Waals surface area contributed by atoms with Gasteiger partial charge in [0.1, 0.15) is 0 Å². The molecule has 0 bridgehead atoms. The second-order valence-electron chi connectivity index (χ2n) is 6.79. The van der Waals surface area contributed by atoms with Crippen LogP contribution in [0.1, 0.15) is 47.4 Å². The fourth-order valence-electron chi connectivity index (χ4n) is 3.51. The smallest absolute Gasteiger partial charge is 0.0116 e. The Labute approximate surface area is 146 Å². The van der Waals surface area contributed by atoms with Gasteiger partial charge in [-0.25, -0.2) is 0 Å². The minimum Gasteiger partial charge on any atom is -0.0622 e. The summed E-state index contributed by atoms with van der Waals surface area (Å²) in [4.78, 5) is 0. The Morgan fingerprint density at radius 3 is 1.83 bits per heavy atom. The molecule has 0 aliphatic carbocycles. The average molecular weight is 314 g/mol. The van der Waals surface area contributed by atoms with Crippen LogP contribution in [0.15, 0.2) is 84.9 Å². The molecular formula is C24H26.